The zero-order valence-corrected chi connectivity index (χ0v) is 20.0. The van der Waals surface area contributed by atoms with Gasteiger partial charge in [0.25, 0.3) is 5.56 Å². The first-order chi connectivity index (χ1) is 14.9. The van der Waals surface area contributed by atoms with Gasteiger partial charge in [-0.15, -0.1) is 0 Å². The van der Waals surface area contributed by atoms with Crippen LogP contribution in [0.5, 0.6) is 0 Å². The third-order valence-corrected chi connectivity index (χ3v) is 7.51. The first kappa shape index (κ1) is 21.8. The lowest BCUT2D eigenvalue weighted by atomic mass is 10.1. The van der Waals surface area contributed by atoms with Gasteiger partial charge in [0.2, 0.25) is 5.91 Å². The van der Waals surface area contributed by atoms with Gasteiger partial charge in [0, 0.05) is 25.3 Å². The monoisotopic (exact) mass is 457 g/mol. The highest BCUT2D eigenvalue weighted by atomic mass is 32.2. The molecule has 3 heterocycles. The van der Waals surface area contributed by atoms with E-state index in [1.807, 2.05) is 27.7 Å². The number of nitrogens with zero attached hydrogens (tertiary/aromatic N) is 4. The number of hydrogen-bond acceptors (Lipinski definition) is 7. The molecule has 9 heteroatoms. The Labute approximate surface area is 189 Å². The molecule has 0 aliphatic carbocycles. The molecule has 0 saturated carbocycles. The molecule has 1 aliphatic heterocycles. The van der Waals surface area contributed by atoms with Crippen molar-refractivity contribution in [2.75, 3.05) is 29.1 Å². The highest BCUT2D eigenvalue weighted by Gasteiger charge is 2.21. The molecule has 1 N–H and O–H groups in total. The third kappa shape index (κ3) is 4.48. The molecular weight excluding hydrogens is 430 g/mol. The Hall–Kier alpha value is -2.39. The number of rotatable bonds is 6. The van der Waals surface area contributed by atoms with Crippen molar-refractivity contribution >= 4 is 50.2 Å². The average Bonchev–Trinajstić information content (AvgIpc) is 3.39. The van der Waals surface area contributed by atoms with Gasteiger partial charge in [-0.2, -0.15) is 4.98 Å². The van der Waals surface area contributed by atoms with Crippen molar-refractivity contribution in [2.24, 2.45) is 0 Å². The van der Waals surface area contributed by atoms with E-state index in [9.17, 15) is 9.59 Å². The highest BCUT2D eigenvalue weighted by Crippen LogP contribution is 2.29. The first-order valence-corrected chi connectivity index (χ1v) is 12.3. The van der Waals surface area contributed by atoms with Crippen LogP contribution < -0.4 is 15.8 Å². The summed E-state index contributed by atoms with van der Waals surface area (Å²) in [4.78, 5) is 37.1. The van der Waals surface area contributed by atoms with Crippen LogP contribution in [0, 0.1) is 20.8 Å². The van der Waals surface area contributed by atoms with Gasteiger partial charge < -0.3 is 10.2 Å². The predicted molar refractivity (Wildman–Crippen MR) is 129 cm³/mol. The van der Waals surface area contributed by atoms with Gasteiger partial charge in [0.15, 0.2) is 15.9 Å². The molecular formula is C22H27N5O2S2. The number of hydrogen-bond donors (Lipinski definition) is 1. The maximum Gasteiger partial charge on any atom is 0.273 e. The van der Waals surface area contributed by atoms with E-state index in [0.29, 0.717) is 22.0 Å². The van der Waals surface area contributed by atoms with Gasteiger partial charge >= 0.3 is 0 Å². The Morgan fingerprint density at radius 1 is 1.16 bits per heavy atom. The molecule has 0 atom stereocenters. The van der Waals surface area contributed by atoms with Crippen LogP contribution in [-0.4, -0.2) is 39.3 Å². The number of thiazole rings is 1. The molecule has 31 heavy (non-hydrogen) atoms. The largest absolute Gasteiger partial charge is 0.348 e. The summed E-state index contributed by atoms with van der Waals surface area (Å²) < 4.78 is 2.22. The molecule has 2 aromatic heterocycles. The van der Waals surface area contributed by atoms with Crippen LogP contribution in [0.3, 0.4) is 0 Å². The maximum absolute atomic E-state index is 13.0. The van der Waals surface area contributed by atoms with Crippen LogP contribution in [-0.2, 0) is 11.3 Å². The third-order valence-electron chi connectivity index (χ3n) is 5.44. The highest BCUT2D eigenvalue weighted by molar-refractivity contribution is 7.99. The SMILES string of the molecule is CCn1c(SCC(=O)Nc2c(C)cc(C)cc2C)nc2nc(N3CCCC3)sc2c1=O. The normalized spacial score (nSPS) is 13.9. The maximum atomic E-state index is 13.0. The Morgan fingerprint density at radius 3 is 2.48 bits per heavy atom. The Bertz CT molecular complexity index is 1170. The van der Waals surface area contributed by atoms with E-state index < -0.39 is 0 Å². The lowest BCUT2D eigenvalue weighted by molar-refractivity contribution is -0.113. The van der Waals surface area contributed by atoms with Crippen molar-refractivity contribution < 1.29 is 4.79 Å². The molecule has 1 saturated heterocycles. The molecule has 0 bridgehead atoms. The van der Waals surface area contributed by atoms with E-state index in [1.165, 1.54) is 28.7 Å². The second kappa shape index (κ2) is 9.00. The van der Waals surface area contributed by atoms with Crippen LogP contribution >= 0.6 is 23.1 Å². The zero-order valence-electron chi connectivity index (χ0n) is 18.3. The van der Waals surface area contributed by atoms with Crippen LogP contribution in [0.25, 0.3) is 10.3 Å². The van der Waals surface area contributed by atoms with Crippen molar-refractivity contribution in [1.29, 1.82) is 0 Å². The molecule has 7 nitrogen and oxygen atoms in total. The number of aryl methyl sites for hydroxylation is 3. The van der Waals surface area contributed by atoms with Crippen molar-refractivity contribution in [2.45, 2.75) is 52.2 Å². The summed E-state index contributed by atoms with van der Waals surface area (Å²) in [5, 5.41) is 4.41. The second-order valence-electron chi connectivity index (χ2n) is 7.90. The van der Waals surface area contributed by atoms with Crippen LogP contribution in [0.1, 0.15) is 36.5 Å². The van der Waals surface area contributed by atoms with E-state index in [0.717, 1.165) is 47.9 Å². The average molecular weight is 458 g/mol. The van der Waals surface area contributed by atoms with E-state index in [4.69, 9.17) is 0 Å². The molecule has 1 amide bonds. The molecule has 1 fully saturated rings. The summed E-state index contributed by atoms with van der Waals surface area (Å²) in [6.45, 7) is 10.4. The Kier molecular flexibility index (Phi) is 6.34. The second-order valence-corrected chi connectivity index (χ2v) is 9.82. The summed E-state index contributed by atoms with van der Waals surface area (Å²) in [6, 6.07) is 4.11. The van der Waals surface area contributed by atoms with Crippen molar-refractivity contribution in [1.82, 2.24) is 14.5 Å². The molecule has 0 radical (unpaired) electrons. The molecule has 3 aromatic rings. The molecule has 164 valence electrons. The molecule has 0 spiro atoms. The number of carbonyl (C=O) groups excluding carboxylic acids is 1. The van der Waals surface area contributed by atoms with E-state index in [1.54, 1.807) is 4.57 Å². The Balaban J connectivity index is 1.55. The number of carbonyl (C=O) groups is 1. The lowest BCUT2D eigenvalue weighted by Gasteiger charge is -2.13. The Morgan fingerprint density at radius 2 is 1.84 bits per heavy atom. The molecule has 1 aromatic carbocycles. The molecule has 0 unspecified atom stereocenters. The number of fused-ring (bicyclic) bond motifs is 1. The van der Waals surface area contributed by atoms with Crippen molar-refractivity contribution in [3.8, 4) is 0 Å². The minimum Gasteiger partial charge on any atom is -0.348 e. The molecule has 1 aliphatic rings. The fourth-order valence-corrected chi connectivity index (χ4v) is 5.85. The summed E-state index contributed by atoms with van der Waals surface area (Å²) in [5.41, 5.74) is 4.50. The van der Waals surface area contributed by atoms with Gasteiger partial charge in [-0.3, -0.25) is 14.2 Å². The van der Waals surface area contributed by atoms with Crippen molar-refractivity contribution in [3.05, 3.63) is 39.2 Å². The number of nitrogens with one attached hydrogen (secondary N) is 1. The van der Waals surface area contributed by atoms with Crippen molar-refractivity contribution in [3.63, 3.8) is 0 Å². The molecule has 4 rings (SSSR count). The standard InChI is InChI=1S/C22H27N5O2S2/c1-5-27-20(29)18-19(24-21(31-18)26-8-6-7-9-26)25-22(27)30-12-16(28)23-17-14(3)10-13(2)11-15(17)4/h10-11H,5-9,12H2,1-4H3,(H,23,28). The van der Waals surface area contributed by atoms with Crippen LogP contribution in [0.15, 0.2) is 22.1 Å². The predicted octanol–water partition coefficient (Wildman–Crippen LogP) is 4.13. The van der Waals surface area contributed by atoms with E-state index in [-0.39, 0.29) is 17.2 Å². The van der Waals surface area contributed by atoms with Gasteiger partial charge in [0.1, 0.15) is 4.70 Å². The van der Waals surface area contributed by atoms with E-state index in [2.05, 4.69) is 32.3 Å². The van der Waals surface area contributed by atoms with E-state index >= 15 is 0 Å². The summed E-state index contributed by atoms with van der Waals surface area (Å²) >= 11 is 2.70. The number of anilines is 2. The van der Waals surface area contributed by atoms with Gasteiger partial charge in [-0.1, -0.05) is 40.8 Å². The summed E-state index contributed by atoms with van der Waals surface area (Å²) in [6.07, 6.45) is 2.30. The van der Waals surface area contributed by atoms with Gasteiger partial charge in [-0.05, 0) is 51.7 Å². The minimum atomic E-state index is -0.118. The van der Waals surface area contributed by atoms with Crippen LogP contribution in [0.2, 0.25) is 0 Å². The van der Waals surface area contributed by atoms with Gasteiger partial charge in [0.05, 0.1) is 5.75 Å². The fraction of sp³-hybridized carbons (Fsp3) is 0.455. The summed E-state index contributed by atoms with van der Waals surface area (Å²) in [5.74, 6) is 0.0569. The first-order valence-electron chi connectivity index (χ1n) is 10.5. The number of benzene rings is 1. The quantitative estimate of drug-likeness (QED) is 0.443. The summed E-state index contributed by atoms with van der Waals surface area (Å²) in [7, 11) is 0. The number of thioether (sulfide) groups is 1. The fourth-order valence-electron chi connectivity index (χ4n) is 3.99. The minimum absolute atomic E-state index is 0.0800. The number of amides is 1. The lowest BCUT2D eigenvalue weighted by Crippen LogP contribution is -2.23. The zero-order chi connectivity index (χ0) is 22.1. The van der Waals surface area contributed by atoms with Gasteiger partial charge in [-0.25, -0.2) is 4.98 Å². The topological polar surface area (TPSA) is 80.1 Å². The number of aromatic nitrogens is 3. The van der Waals surface area contributed by atoms with Crippen LogP contribution in [0.4, 0.5) is 10.8 Å². The smallest absolute Gasteiger partial charge is 0.273 e.